The van der Waals surface area contributed by atoms with Gasteiger partial charge in [0.1, 0.15) is 27.8 Å². The molecular weight excluding hydrogens is 425 g/mol. The third kappa shape index (κ3) is 4.42. The van der Waals surface area contributed by atoms with Crippen LogP contribution >= 0.6 is 22.9 Å². The number of halogens is 2. The molecule has 9 heteroatoms. The van der Waals surface area contributed by atoms with Gasteiger partial charge in [-0.15, -0.1) is 11.3 Å². The molecule has 1 atom stereocenters. The highest BCUT2D eigenvalue weighted by atomic mass is 35.5. The molecule has 1 aliphatic heterocycles. The lowest BCUT2D eigenvalue weighted by atomic mass is 9.99. The number of hydrogen-bond donors (Lipinski definition) is 1. The van der Waals surface area contributed by atoms with Crippen molar-refractivity contribution >= 4 is 44.7 Å². The topological polar surface area (TPSA) is 87.9 Å². The Morgan fingerprint density at radius 1 is 1.43 bits per heavy atom. The number of rotatable bonds is 1. The quantitative estimate of drug-likeness (QED) is 0.556. The third-order valence-electron chi connectivity index (χ3n) is 5.05. The first-order valence-corrected chi connectivity index (χ1v) is 10.8. The average molecular weight is 448 g/mol. The van der Waals surface area contributed by atoms with Gasteiger partial charge < -0.3 is 15.2 Å². The number of nitrogens with zero attached hydrogens (tertiary/aromatic N) is 4. The highest BCUT2D eigenvalue weighted by Crippen LogP contribution is 2.33. The summed E-state index contributed by atoms with van der Waals surface area (Å²) < 4.78 is 13.9. The summed E-state index contributed by atoms with van der Waals surface area (Å²) in [6.45, 7) is 5.91. The largest absolute Gasteiger partial charge is 0.396 e. The molecule has 6 nitrogen and oxygen atoms in total. The molecule has 1 aliphatic rings. The standard InChI is InChI=1S/C15H18N4OS.C6H5ClFN/c1-9-5-4-6-19(8-9)13-11(7-16)14(20)18(3)15-12(13)17-10(2)21-15;7-4-1-2-6(9)5(8)3-4/h9H,4-6,8H2,1-3H3;1-3H,9H2. The Kier molecular flexibility index (Phi) is 6.64. The van der Waals surface area contributed by atoms with E-state index in [1.54, 1.807) is 17.7 Å². The summed E-state index contributed by atoms with van der Waals surface area (Å²) >= 11 is 6.93. The van der Waals surface area contributed by atoms with Crippen LogP contribution in [0, 0.1) is 30.0 Å². The lowest BCUT2D eigenvalue weighted by Crippen LogP contribution is -2.36. The van der Waals surface area contributed by atoms with Gasteiger partial charge in [-0.05, 0) is 43.9 Å². The van der Waals surface area contributed by atoms with Gasteiger partial charge >= 0.3 is 0 Å². The number of hydrogen-bond acceptors (Lipinski definition) is 6. The summed E-state index contributed by atoms with van der Waals surface area (Å²) in [6.07, 6.45) is 2.29. The molecule has 4 rings (SSSR count). The smallest absolute Gasteiger partial charge is 0.271 e. The summed E-state index contributed by atoms with van der Waals surface area (Å²) in [4.78, 5) is 20.1. The molecule has 2 N–H and O–H groups in total. The number of nitrogens with two attached hydrogens (primary N) is 1. The second-order valence-corrected chi connectivity index (χ2v) is 9.06. The molecule has 0 bridgehead atoms. The maximum absolute atomic E-state index is 12.5. The van der Waals surface area contributed by atoms with Gasteiger partial charge in [-0.2, -0.15) is 5.26 Å². The number of anilines is 2. The molecule has 1 fully saturated rings. The summed E-state index contributed by atoms with van der Waals surface area (Å²) in [5.74, 6) is 0.103. The molecule has 1 saturated heterocycles. The van der Waals surface area contributed by atoms with E-state index in [0.717, 1.165) is 40.6 Å². The highest BCUT2D eigenvalue weighted by Gasteiger charge is 2.26. The van der Waals surface area contributed by atoms with Crippen molar-refractivity contribution < 1.29 is 4.39 Å². The normalized spacial score (nSPS) is 16.1. The van der Waals surface area contributed by atoms with Crippen LogP contribution in [0.15, 0.2) is 23.0 Å². The second kappa shape index (κ2) is 9.02. The van der Waals surface area contributed by atoms with E-state index >= 15 is 0 Å². The fraction of sp³-hybridized carbons (Fsp3) is 0.381. The molecule has 30 heavy (non-hydrogen) atoms. The van der Waals surface area contributed by atoms with E-state index in [1.165, 1.54) is 29.9 Å². The van der Waals surface area contributed by atoms with E-state index in [1.807, 2.05) is 6.92 Å². The maximum atomic E-state index is 12.5. The molecular formula is C21H23ClFN5OS. The van der Waals surface area contributed by atoms with Crippen molar-refractivity contribution in [3.8, 4) is 6.07 Å². The second-order valence-electron chi connectivity index (χ2n) is 7.45. The van der Waals surface area contributed by atoms with E-state index in [2.05, 4.69) is 22.9 Å². The van der Waals surface area contributed by atoms with E-state index in [-0.39, 0.29) is 16.8 Å². The van der Waals surface area contributed by atoms with Gasteiger partial charge in [-0.3, -0.25) is 4.79 Å². The third-order valence-corrected chi connectivity index (χ3v) is 6.33. The van der Waals surface area contributed by atoms with Crippen LogP contribution in [0.2, 0.25) is 5.02 Å². The van der Waals surface area contributed by atoms with E-state index in [0.29, 0.717) is 10.9 Å². The van der Waals surface area contributed by atoms with Crippen LogP contribution in [0.5, 0.6) is 0 Å². The van der Waals surface area contributed by atoms with Crippen molar-refractivity contribution in [1.82, 2.24) is 9.55 Å². The van der Waals surface area contributed by atoms with Gasteiger partial charge in [-0.1, -0.05) is 18.5 Å². The minimum absolute atomic E-state index is 0.124. The summed E-state index contributed by atoms with van der Waals surface area (Å²) in [6, 6.07) is 6.26. The lowest BCUT2D eigenvalue weighted by molar-refractivity contribution is 0.447. The van der Waals surface area contributed by atoms with Gasteiger partial charge in [0.05, 0.1) is 16.4 Å². The van der Waals surface area contributed by atoms with Gasteiger partial charge in [-0.25, -0.2) is 9.37 Å². The highest BCUT2D eigenvalue weighted by molar-refractivity contribution is 7.18. The van der Waals surface area contributed by atoms with E-state index < -0.39 is 5.82 Å². The van der Waals surface area contributed by atoms with Crippen LogP contribution in [0.4, 0.5) is 15.8 Å². The lowest BCUT2D eigenvalue weighted by Gasteiger charge is -2.33. The first-order valence-electron chi connectivity index (χ1n) is 9.58. The van der Waals surface area contributed by atoms with Crippen molar-refractivity contribution in [2.45, 2.75) is 26.7 Å². The van der Waals surface area contributed by atoms with E-state index in [4.69, 9.17) is 17.3 Å². The van der Waals surface area contributed by atoms with Crippen LogP contribution in [-0.4, -0.2) is 22.6 Å². The minimum atomic E-state index is -0.470. The monoisotopic (exact) mass is 447 g/mol. The first-order chi connectivity index (χ1) is 14.2. The molecule has 0 spiro atoms. The Balaban J connectivity index is 0.000000239. The van der Waals surface area contributed by atoms with Crippen molar-refractivity contribution in [3.63, 3.8) is 0 Å². The Hall–Kier alpha value is -2.63. The van der Waals surface area contributed by atoms with Crippen LogP contribution in [0.1, 0.15) is 30.3 Å². The predicted molar refractivity (Wildman–Crippen MR) is 121 cm³/mol. The van der Waals surface area contributed by atoms with Crippen molar-refractivity contribution in [2.24, 2.45) is 13.0 Å². The van der Waals surface area contributed by atoms with Crippen LogP contribution in [0.25, 0.3) is 10.3 Å². The summed E-state index contributed by atoms with van der Waals surface area (Å²) in [7, 11) is 1.71. The number of nitrogen functional groups attached to an aromatic ring is 1. The van der Waals surface area contributed by atoms with Gasteiger partial charge in [0.25, 0.3) is 5.56 Å². The molecule has 0 radical (unpaired) electrons. The summed E-state index contributed by atoms with van der Waals surface area (Å²) in [5.41, 5.74) is 6.82. The average Bonchev–Trinajstić information content (AvgIpc) is 3.09. The maximum Gasteiger partial charge on any atom is 0.271 e. The number of aromatic nitrogens is 2. The SMILES string of the molecule is Cc1nc2c(N3CCCC(C)C3)c(C#N)c(=O)n(C)c2s1.Nc1ccc(Cl)cc1F. The van der Waals surface area contributed by atoms with E-state index in [9.17, 15) is 14.4 Å². The molecule has 3 aromatic rings. The zero-order valence-electron chi connectivity index (χ0n) is 17.1. The Morgan fingerprint density at radius 3 is 2.77 bits per heavy atom. The number of nitriles is 1. The van der Waals surface area contributed by atoms with Crippen LogP contribution < -0.4 is 16.2 Å². The Bertz CT molecular complexity index is 1180. The Labute approximate surface area is 183 Å². The van der Waals surface area contributed by atoms with Gasteiger partial charge in [0, 0.05) is 25.2 Å². The Morgan fingerprint density at radius 2 is 2.17 bits per heavy atom. The molecule has 158 valence electrons. The zero-order valence-corrected chi connectivity index (χ0v) is 18.6. The van der Waals surface area contributed by atoms with Crippen LogP contribution in [0.3, 0.4) is 0 Å². The zero-order chi connectivity index (χ0) is 22.0. The van der Waals surface area contributed by atoms with Gasteiger partial charge in [0.15, 0.2) is 0 Å². The predicted octanol–water partition coefficient (Wildman–Crippen LogP) is 4.47. The first kappa shape index (κ1) is 22.1. The number of benzene rings is 1. The van der Waals surface area contributed by atoms with Crippen LogP contribution in [-0.2, 0) is 7.05 Å². The molecule has 2 aromatic heterocycles. The fourth-order valence-corrected chi connectivity index (χ4v) is 4.61. The fourth-order valence-electron chi connectivity index (χ4n) is 3.58. The molecule has 0 saturated carbocycles. The van der Waals surface area contributed by atoms with Crippen molar-refractivity contribution in [3.05, 3.63) is 50.0 Å². The number of aryl methyl sites for hydroxylation is 2. The minimum Gasteiger partial charge on any atom is -0.396 e. The molecule has 0 aliphatic carbocycles. The number of pyridine rings is 1. The summed E-state index contributed by atoms with van der Waals surface area (Å²) in [5, 5.41) is 10.8. The number of piperidine rings is 1. The van der Waals surface area contributed by atoms with Crippen molar-refractivity contribution in [2.75, 3.05) is 23.7 Å². The van der Waals surface area contributed by atoms with Crippen molar-refractivity contribution in [1.29, 1.82) is 5.26 Å². The molecule has 1 aromatic carbocycles. The van der Waals surface area contributed by atoms with Gasteiger partial charge in [0.2, 0.25) is 0 Å². The number of fused-ring (bicyclic) bond motifs is 1. The number of thiazole rings is 1. The molecule has 1 unspecified atom stereocenters. The molecule has 3 heterocycles. The molecule has 0 amide bonds.